The van der Waals surface area contributed by atoms with Gasteiger partial charge in [-0.05, 0) is 43.0 Å². The van der Waals surface area contributed by atoms with Crippen LogP contribution in [0.4, 0.5) is 0 Å². The Bertz CT molecular complexity index is 318. The highest BCUT2D eigenvalue weighted by Gasteiger charge is 2.05. The lowest BCUT2D eigenvalue weighted by molar-refractivity contribution is 0.296. The molecule has 0 spiro atoms. The number of aryl methyl sites for hydroxylation is 1. The van der Waals surface area contributed by atoms with Crippen molar-refractivity contribution in [2.45, 2.75) is 39.7 Å². The van der Waals surface area contributed by atoms with Gasteiger partial charge in [0.1, 0.15) is 12.4 Å². The van der Waals surface area contributed by atoms with Crippen molar-refractivity contribution in [1.29, 1.82) is 0 Å². The zero-order chi connectivity index (χ0) is 11.4. The number of hydrogen-bond acceptors (Lipinski definition) is 2. The average molecular weight is 207 g/mol. The second-order valence-corrected chi connectivity index (χ2v) is 4.46. The Morgan fingerprint density at radius 1 is 1.27 bits per heavy atom. The van der Waals surface area contributed by atoms with E-state index in [1.807, 2.05) is 13.0 Å². The quantitative estimate of drug-likeness (QED) is 0.824. The molecule has 0 saturated carbocycles. The minimum Gasteiger partial charge on any atom is -0.492 e. The summed E-state index contributed by atoms with van der Waals surface area (Å²) in [6, 6.07) is 6.31. The number of hydrogen-bond donors (Lipinski definition) is 1. The third-order valence-electron chi connectivity index (χ3n) is 2.38. The molecule has 2 nitrogen and oxygen atoms in total. The molecular formula is C13H21NO. The standard InChI is InChI=1S/C13H21NO/c1-9(2)13-6-5-12(7-10(13)3)15-8-11(4)14/h5-7,9,11H,8,14H2,1-4H3. The Hall–Kier alpha value is -1.02. The normalized spacial score (nSPS) is 12.9. The molecule has 84 valence electrons. The summed E-state index contributed by atoms with van der Waals surface area (Å²) in [7, 11) is 0. The predicted molar refractivity (Wildman–Crippen MR) is 64.4 cm³/mol. The van der Waals surface area contributed by atoms with Gasteiger partial charge in [-0.25, -0.2) is 0 Å². The molecular weight excluding hydrogens is 186 g/mol. The van der Waals surface area contributed by atoms with Crippen molar-refractivity contribution in [3.63, 3.8) is 0 Å². The fourth-order valence-electron chi connectivity index (χ4n) is 1.61. The number of benzene rings is 1. The molecule has 2 N–H and O–H groups in total. The maximum Gasteiger partial charge on any atom is 0.119 e. The molecule has 0 aliphatic heterocycles. The van der Waals surface area contributed by atoms with Gasteiger partial charge in [0.15, 0.2) is 0 Å². The highest BCUT2D eigenvalue weighted by molar-refractivity contribution is 5.36. The summed E-state index contributed by atoms with van der Waals surface area (Å²) in [6.45, 7) is 9.03. The van der Waals surface area contributed by atoms with Gasteiger partial charge in [-0.15, -0.1) is 0 Å². The SMILES string of the molecule is Cc1cc(OCC(C)N)ccc1C(C)C. The Morgan fingerprint density at radius 2 is 1.93 bits per heavy atom. The van der Waals surface area contributed by atoms with Crippen molar-refractivity contribution >= 4 is 0 Å². The van der Waals surface area contributed by atoms with E-state index in [2.05, 4.69) is 32.9 Å². The summed E-state index contributed by atoms with van der Waals surface area (Å²) in [4.78, 5) is 0. The molecule has 1 unspecified atom stereocenters. The van der Waals surface area contributed by atoms with Gasteiger partial charge in [0.25, 0.3) is 0 Å². The summed E-state index contributed by atoms with van der Waals surface area (Å²) in [5, 5.41) is 0. The van der Waals surface area contributed by atoms with Crippen LogP contribution in [0.3, 0.4) is 0 Å². The lowest BCUT2D eigenvalue weighted by Crippen LogP contribution is -2.23. The zero-order valence-corrected chi connectivity index (χ0v) is 10.1. The number of nitrogens with two attached hydrogens (primary N) is 1. The van der Waals surface area contributed by atoms with Gasteiger partial charge < -0.3 is 10.5 Å². The van der Waals surface area contributed by atoms with Gasteiger partial charge >= 0.3 is 0 Å². The van der Waals surface area contributed by atoms with Crippen LogP contribution in [0.1, 0.15) is 37.8 Å². The van der Waals surface area contributed by atoms with Gasteiger partial charge in [0, 0.05) is 6.04 Å². The molecule has 2 heteroatoms. The molecule has 0 fully saturated rings. The van der Waals surface area contributed by atoms with Crippen LogP contribution in [-0.2, 0) is 0 Å². The van der Waals surface area contributed by atoms with E-state index < -0.39 is 0 Å². The van der Waals surface area contributed by atoms with Crippen LogP contribution in [0.5, 0.6) is 5.75 Å². The topological polar surface area (TPSA) is 35.2 Å². The first-order valence-corrected chi connectivity index (χ1v) is 5.49. The minimum atomic E-state index is 0.0788. The maximum atomic E-state index is 5.63. The highest BCUT2D eigenvalue weighted by atomic mass is 16.5. The van der Waals surface area contributed by atoms with E-state index in [1.165, 1.54) is 11.1 Å². The van der Waals surface area contributed by atoms with Gasteiger partial charge in [-0.2, -0.15) is 0 Å². The first kappa shape index (κ1) is 12.1. The molecule has 0 amide bonds. The van der Waals surface area contributed by atoms with Crippen molar-refractivity contribution in [2.24, 2.45) is 5.73 Å². The monoisotopic (exact) mass is 207 g/mol. The van der Waals surface area contributed by atoms with Crippen LogP contribution in [0, 0.1) is 6.92 Å². The first-order valence-electron chi connectivity index (χ1n) is 5.49. The molecule has 15 heavy (non-hydrogen) atoms. The van der Waals surface area contributed by atoms with E-state index in [0.29, 0.717) is 12.5 Å². The molecule has 0 saturated heterocycles. The average Bonchev–Trinajstić information content (AvgIpc) is 2.14. The van der Waals surface area contributed by atoms with Crippen LogP contribution in [0.15, 0.2) is 18.2 Å². The summed E-state index contributed by atoms with van der Waals surface area (Å²) < 4.78 is 5.56. The van der Waals surface area contributed by atoms with E-state index in [4.69, 9.17) is 10.5 Å². The van der Waals surface area contributed by atoms with E-state index in [-0.39, 0.29) is 6.04 Å². The summed E-state index contributed by atoms with van der Waals surface area (Å²) in [5.41, 5.74) is 8.29. The Balaban J connectivity index is 2.73. The van der Waals surface area contributed by atoms with Crippen molar-refractivity contribution in [3.8, 4) is 5.75 Å². The second-order valence-electron chi connectivity index (χ2n) is 4.46. The molecule has 1 aromatic rings. The number of ether oxygens (including phenoxy) is 1. The minimum absolute atomic E-state index is 0.0788. The molecule has 1 rings (SSSR count). The van der Waals surface area contributed by atoms with E-state index >= 15 is 0 Å². The summed E-state index contributed by atoms with van der Waals surface area (Å²) in [6.07, 6.45) is 0. The molecule has 0 heterocycles. The fourth-order valence-corrected chi connectivity index (χ4v) is 1.61. The van der Waals surface area contributed by atoms with E-state index in [0.717, 1.165) is 5.75 Å². The van der Waals surface area contributed by atoms with Gasteiger partial charge in [0.2, 0.25) is 0 Å². The van der Waals surface area contributed by atoms with Crippen LogP contribution in [0.2, 0.25) is 0 Å². The maximum absolute atomic E-state index is 5.63. The van der Waals surface area contributed by atoms with Crippen LogP contribution in [-0.4, -0.2) is 12.6 Å². The Morgan fingerprint density at radius 3 is 2.40 bits per heavy atom. The fraction of sp³-hybridized carbons (Fsp3) is 0.538. The highest BCUT2D eigenvalue weighted by Crippen LogP contribution is 2.23. The van der Waals surface area contributed by atoms with Crippen molar-refractivity contribution < 1.29 is 4.74 Å². The summed E-state index contributed by atoms with van der Waals surface area (Å²) >= 11 is 0. The van der Waals surface area contributed by atoms with E-state index in [1.54, 1.807) is 0 Å². The molecule has 1 aromatic carbocycles. The largest absolute Gasteiger partial charge is 0.492 e. The lowest BCUT2D eigenvalue weighted by Gasteiger charge is -2.13. The van der Waals surface area contributed by atoms with Gasteiger partial charge in [-0.3, -0.25) is 0 Å². The summed E-state index contributed by atoms with van der Waals surface area (Å²) in [5.74, 6) is 1.47. The Labute approximate surface area is 92.4 Å². The second kappa shape index (κ2) is 5.17. The van der Waals surface area contributed by atoms with Crippen LogP contribution < -0.4 is 10.5 Å². The number of rotatable bonds is 4. The van der Waals surface area contributed by atoms with Gasteiger partial charge in [0.05, 0.1) is 0 Å². The van der Waals surface area contributed by atoms with Gasteiger partial charge in [-0.1, -0.05) is 19.9 Å². The third kappa shape index (κ3) is 3.56. The molecule has 0 aliphatic rings. The molecule has 1 atom stereocenters. The molecule has 0 aromatic heterocycles. The lowest BCUT2D eigenvalue weighted by atomic mass is 9.98. The zero-order valence-electron chi connectivity index (χ0n) is 10.1. The smallest absolute Gasteiger partial charge is 0.119 e. The molecule has 0 radical (unpaired) electrons. The third-order valence-corrected chi connectivity index (χ3v) is 2.38. The van der Waals surface area contributed by atoms with Crippen molar-refractivity contribution in [3.05, 3.63) is 29.3 Å². The first-order chi connectivity index (χ1) is 7.00. The van der Waals surface area contributed by atoms with E-state index in [9.17, 15) is 0 Å². The van der Waals surface area contributed by atoms with Crippen molar-refractivity contribution in [1.82, 2.24) is 0 Å². The molecule has 0 aliphatic carbocycles. The van der Waals surface area contributed by atoms with Crippen LogP contribution >= 0.6 is 0 Å². The Kier molecular flexibility index (Phi) is 4.15. The molecule has 0 bridgehead atoms. The van der Waals surface area contributed by atoms with Crippen molar-refractivity contribution in [2.75, 3.05) is 6.61 Å². The predicted octanol–water partition coefficient (Wildman–Crippen LogP) is 2.84. The van der Waals surface area contributed by atoms with Crippen LogP contribution in [0.25, 0.3) is 0 Å².